The number of rotatable bonds is 7. The Morgan fingerprint density at radius 3 is 2.37 bits per heavy atom. The molecule has 3 atom stereocenters. The summed E-state index contributed by atoms with van der Waals surface area (Å²) in [7, 11) is 0. The molecule has 3 N–H and O–H groups in total. The minimum atomic E-state index is -0.940. The molecule has 2 aliphatic carbocycles. The Morgan fingerprint density at radius 2 is 1.71 bits per heavy atom. The lowest BCUT2D eigenvalue weighted by Crippen LogP contribution is -2.38. The van der Waals surface area contributed by atoms with Crippen LogP contribution in [0.5, 0.6) is 0 Å². The van der Waals surface area contributed by atoms with Gasteiger partial charge in [-0.15, -0.1) is 0 Å². The van der Waals surface area contributed by atoms with Gasteiger partial charge in [-0.25, -0.2) is 9.59 Å². The van der Waals surface area contributed by atoms with Gasteiger partial charge in [0, 0.05) is 24.1 Å². The van der Waals surface area contributed by atoms with Gasteiger partial charge in [0.15, 0.2) is 0 Å². The van der Waals surface area contributed by atoms with Gasteiger partial charge in [-0.1, -0.05) is 54.6 Å². The molecule has 0 bridgehead atoms. The molecule has 182 valence electrons. The van der Waals surface area contributed by atoms with Crippen molar-refractivity contribution in [3.05, 3.63) is 71.3 Å². The first-order valence-electron chi connectivity index (χ1n) is 11.9. The second kappa shape index (κ2) is 9.92. The number of carbonyl (C=O) groups excluding carboxylic acids is 2. The second-order valence-corrected chi connectivity index (χ2v) is 9.27. The molecule has 1 heterocycles. The van der Waals surface area contributed by atoms with E-state index in [1.54, 1.807) is 6.08 Å². The van der Waals surface area contributed by atoms with Crippen molar-refractivity contribution in [3.63, 3.8) is 0 Å². The van der Waals surface area contributed by atoms with Crippen LogP contribution in [0.25, 0.3) is 11.1 Å². The molecule has 8 heteroatoms. The highest BCUT2D eigenvalue weighted by Crippen LogP contribution is 2.44. The van der Waals surface area contributed by atoms with Crippen LogP contribution >= 0.6 is 0 Å². The molecule has 8 nitrogen and oxygen atoms in total. The van der Waals surface area contributed by atoms with Crippen LogP contribution < -0.4 is 10.6 Å². The maximum absolute atomic E-state index is 12.5. The lowest BCUT2D eigenvalue weighted by atomic mass is 9.98. The SMILES string of the molecule is O=C(NCC1CC(C(=O)NC2CC=C(C(=O)O)C2)CO1)OCC1c2ccccc2-c2ccccc21. The van der Waals surface area contributed by atoms with Gasteiger partial charge in [0.1, 0.15) is 6.61 Å². The molecule has 35 heavy (non-hydrogen) atoms. The summed E-state index contributed by atoms with van der Waals surface area (Å²) in [5.74, 6) is -1.40. The number of fused-ring (bicyclic) bond motifs is 3. The number of aliphatic carboxylic acids is 1. The first-order valence-corrected chi connectivity index (χ1v) is 11.9. The van der Waals surface area contributed by atoms with Gasteiger partial charge in [-0.2, -0.15) is 0 Å². The van der Waals surface area contributed by atoms with Gasteiger partial charge >= 0.3 is 12.1 Å². The zero-order chi connectivity index (χ0) is 24.4. The first-order chi connectivity index (χ1) is 17.0. The Balaban J connectivity index is 1.06. The number of benzene rings is 2. The summed E-state index contributed by atoms with van der Waals surface area (Å²) in [6.45, 7) is 0.771. The van der Waals surface area contributed by atoms with Crippen molar-refractivity contribution in [1.29, 1.82) is 0 Å². The van der Waals surface area contributed by atoms with Gasteiger partial charge in [0.25, 0.3) is 0 Å². The van der Waals surface area contributed by atoms with E-state index >= 15 is 0 Å². The van der Waals surface area contributed by atoms with E-state index < -0.39 is 12.1 Å². The highest BCUT2D eigenvalue weighted by atomic mass is 16.5. The Labute approximate surface area is 203 Å². The standard InChI is InChI=1S/C27H28N2O6/c30-25(29-18-10-9-16(11-18)26(31)32)17-12-19(34-14-17)13-28-27(33)35-15-24-22-7-3-1-5-20(22)21-6-2-4-8-23(21)24/h1-9,17-19,24H,10-15H2,(H,28,33)(H,29,30)(H,31,32). The largest absolute Gasteiger partial charge is 0.478 e. The molecule has 0 radical (unpaired) electrons. The molecule has 2 aromatic carbocycles. The predicted molar refractivity (Wildman–Crippen MR) is 128 cm³/mol. The van der Waals surface area contributed by atoms with E-state index in [1.807, 2.05) is 24.3 Å². The lowest BCUT2D eigenvalue weighted by molar-refractivity contribution is -0.133. The van der Waals surface area contributed by atoms with Crippen molar-refractivity contribution < 1.29 is 29.0 Å². The minimum Gasteiger partial charge on any atom is -0.478 e. The number of carboxylic acid groups (broad SMARTS) is 1. The zero-order valence-corrected chi connectivity index (χ0v) is 19.2. The van der Waals surface area contributed by atoms with Crippen molar-refractivity contribution in [2.24, 2.45) is 5.92 Å². The third kappa shape index (κ3) is 4.93. The molecule has 2 aromatic rings. The topological polar surface area (TPSA) is 114 Å². The lowest BCUT2D eigenvalue weighted by Gasteiger charge is -2.16. The molecular weight excluding hydrogens is 448 g/mol. The van der Waals surface area contributed by atoms with E-state index in [-0.39, 0.29) is 49.6 Å². The molecule has 3 unspecified atom stereocenters. The summed E-state index contributed by atoms with van der Waals surface area (Å²) in [4.78, 5) is 36.0. The average molecular weight is 477 g/mol. The quantitative estimate of drug-likeness (QED) is 0.566. The molecule has 2 amide bonds. The molecule has 0 saturated carbocycles. The minimum absolute atomic E-state index is 0.00400. The van der Waals surface area contributed by atoms with E-state index in [0.717, 1.165) is 11.1 Å². The number of ether oxygens (including phenoxy) is 2. The summed E-state index contributed by atoms with van der Waals surface area (Å²) in [5.41, 5.74) is 5.00. The van der Waals surface area contributed by atoms with E-state index in [2.05, 4.69) is 34.9 Å². The fourth-order valence-corrected chi connectivity index (χ4v) is 5.20. The highest BCUT2D eigenvalue weighted by Gasteiger charge is 2.33. The summed E-state index contributed by atoms with van der Waals surface area (Å²) in [5, 5.41) is 14.7. The van der Waals surface area contributed by atoms with E-state index in [1.165, 1.54) is 11.1 Å². The number of hydrogen-bond acceptors (Lipinski definition) is 5. The molecule has 1 saturated heterocycles. The molecular formula is C27H28N2O6. The Morgan fingerprint density at radius 1 is 1.03 bits per heavy atom. The van der Waals surface area contributed by atoms with Crippen molar-refractivity contribution in [1.82, 2.24) is 10.6 Å². The van der Waals surface area contributed by atoms with Crippen LogP contribution in [0.1, 0.15) is 36.3 Å². The molecule has 1 fully saturated rings. The van der Waals surface area contributed by atoms with Crippen molar-refractivity contribution in [3.8, 4) is 11.1 Å². The summed E-state index contributed by atoms with van der Waals surface area (Å²) in [6, 6.07) is 16.2. The molecule has 0 spiro atoms. The Hall–Kier alpha value is -3.65. The number of hydrogen-bond donors (Lipinski definition) is 3. The fraction of sp³-hybridized carbons (Fsp3) is 0.370. The smallest absolute Gasteiger partial charge is 0.407 e. The van der Waals surface area contributed by atoms with Crippen LogP contribution in [0.15, 0.2) is 60.2 Å². The third-order valence-electron chi connectivity index (χ3n) is 7.01. The predicted octanol–water partition coefficient (Wildman–Crippen LogP) is 3.22. The average Bonchev–Trinajstić information content (AvgIpc) is 3.59. The van der Waals surface area contributed by atoms with Gasteiger partial charge in [-0.05, 0) is 41.5 Å². The van der Waals surface area contributed by atoms with E-state index in [4.69, 9.17) is 14.6 Å². The molecule has 0 aromatic heterocycles. The first kappa shape index (κ1) is 23.1. The summed E-state index contributed by atoms with van der Waals surface area (Å²) < 4.78 is 11.2. The van der Waals surface area contributed by atoms with E-state index in [9.17, 15) is 14.4 Å². The maximum Gasteiger partial charge on any atom is 0.407 e. The van der Waals surface area contributed by atoms with Gasteiger partial charge in [-0.3, -0.25) is 4.79 Å². The van der Waals surface area contributed by atoms with Crippen molar-refractivity contribution in [2.75, 3.05) is 19.8 Å². The van der Waals surface area contributed by atoms with Gasteiger partial charge < -0.3 is 25.2 Å². The van der Waals surface area contributed by atoms with E-state index in [0.29, 0.717) is 24.8 Å². The number of alkyl carbamates (subject to hydrolysis) is 1. The number of carbonyl (C=O) groups is 3. The highest BCUT2D eigenvalue weighted by molar-refractivity contribution is 5.87. The van der Waals surface area contributed by atoms with Crippen LogP contribution in [0.3, 0.4) is 0 Å². The second-order valence-electron chi connectivity index (χ2n) is 9.27. The van der Waals surface area contributed by atoms with Gasteiger partial charge in [0.05, 0.1) is 18.6 Å². The maximum atomic E-state index is 12.5. The van der Waals surface area contributed by atoms with Crippen LogP contribution in [-0.2, 0) is 19.1 Å². The molecule has 1 aliphatic heterocycles. The summed E-state index contributed by atoms with van der Waals surface area (Å²) in [6.07, 6.45) is 2.21. The normalized spacial score (nSPS) is 22.7. The Kier molecular flexibility index (Phi) is 6.55. The van der Waals surface area contributed by atoms with Crippen LogP contribution in [0.4, 0.5) is 4.79 Å². The van der Waals surface area contributed by atoms with Crippen molar-refractivity contribution >= 4 is 18.0 Å². The molecule has 3 aliphatic rings. The number of amides is 2. The Bertz CT molecular complexity index is 1130. The molecule has 5 rings (SSSR count). The van der Waals surface area contributed by atoms with Crippen LogP contribution in [-0.4, -0.2) is 55.0 Å². The van der Waals surface area contributed by atoms with Crippen LogP contribution in [0.2, 0.25) is 0 Å². The summed E-state index contributed by atoms with van der Waals surface area (Å²) >= 11 is 0. The van der Waals surface area contributed by atoms with Crippen molar-refractivity contribution in [2.45, 2.75) is 37.3 Å². The monoisotopic (exact) mass is 476 g/mol. The van der Waals surface area contributed by atoms with Crippen LogP contribution in [0, 0.1) is 5.92 Å². The number of carboxylic acids is 1. The zero-order valence-electron chi connectivity index (χ0n) is 19.2. The van der Waals surface area contributed by atoms with Gasteiger partial charge in [0.2, 0.25) is 5.91 Å². The third-order valence-corrected chi connectivity index (χ3v) is 7.01. The fourth-order valence-electron chi connectivity index (χ4n) is 5.20. The number of nitrogens with one attached hydrogen (secondary N) is 2.